The van der Waals surface area contributed by atoms with Gasteiger partial charge in [0, 0.05) is 36.0 Å². The third-order valence-electron chi connectivity index (χ3n) is 3.46. The Balaban J connectivity index is 2.06. The van der Waals surface area contributed by atoms with Crippen molar-refractivity contribution in [2.24, 2.45) is 0 Å². The van der Waals surface area contributed by atoms with Crippen molar-refractivity contribution in [3.63, 3.8) is 0 Å². The third-order valence-corrected chi connectivity index (χ3v) is 4.40. The minimum Gasteiger partial charge on any atom is -0.339 e. The molecule has 114 valence electrons. The monoisotopic (exact) mass is 307 g/mol. The average molecular weight is 307 g/mol. The van der Waals surface area contributed by atoms with Crippen molar-refractivity contribution in [1.29, 1.82) is 0 Å². The number of carbonyl (C=O) groups is 2. The van der Waals surface area contributed by atoms with Crippen LogP contribution in [0.4, 0.5) is 5.69 Å². The fourth-order valence-electron chi connectivity index (χ4n) is 2.22. The van der Waals surface area contributed by atoms with Crippen molar-refractivity contribution in [1.82, 2.24) is 10.2 Å². The Labute approximate surface area is 129 Å². The van der Waals surface area contributed by atoms with Gasteiger partial charge < -0.3 is 10.2 Å². The van der Waals surface area contributed by atoms with E-state index in [9.17, 15) is 9.59 Å². The summed E-state index contributed by atoms with van der Waals surface area (Å²) in [4.78, 5) is 26.1. The van der Waals surface area contributed by atoms with E-state index in [1.807, 2.05) is 13.8 Å². The van der Waals surface area contributed by atoms with Crippen LogP contribution in [0.15, 0.2) is 24.3 Å². The van der Waals surface area contributed by atoms with Crippen molar-refractivity contribution < 1.29 is 9.59 Å². The molecule has 5 nitrogen and oxygen atoms in total. The van der Waals surface area contributed by atoms with E-state index >= 15 is 0 Å². The molecule has 1 heterocycles. The summed E-state index contributed by atoms with van der Waals surface area (Å²) in [6, 6.07) is 6.96. The Kier molecular flexibility index (Phi) is 5.64. The molecule has 1 aromatic carbocycles. The molecule has 2 rings (SSSR count). The topological polar surface area (TPSA) is 61.4 Å². The van der Waals surface area contributed by atoms with Crippen molar-refractivity contribution in [2.45, 2.75) is 19.9 Å². The van der Waals surface area contributed by atoms with Gasteiger partial charge in [-0.3, -0.25) is 14.9 Å². The number of benzene rings is 1. The van der Waals surface area contributed by atoms with Crippen LogP contribution in [0.5, 0.6) is 0 Å². The summed E-state index contributed by atoms with van der Waals surface area (Å²) in [5, 5.41) is 5.99. The van der Waals surface area contributed by atoms with Crippen molar-refractivity contribution in [2.75, 3.05) is 30.0 Å². The van der Waals surface area contributed by atoms with E-state index in [2.05, 4.69) is 10.6 Å². The number of carbonyl (C=O) groups excluding carboxylic acids is 2. The van der Waals surface area contributed by atoms with Gasteiger partial charge in [0.25, 0.3) is 5.91 Å². The largest absolute Gasteiger partial charge is 0.339 e. The maximum Gasteiger partial charge on any atom is 0.253 e. The minimum atomic E-state index is -0.155. The van der Waals surface area contributed by atoms with Gasteiger partial charge >= 0.3 is 0 Å². The SMILES string of the molecule is CCN(CC)C(=O)c1cccc(NC(=O)C2CSCN2)c1. The first-order valence-corrected chi connectivity index (χ1v) is 8.32. The molecule has 1 aliphatic rings. The van der Waals surface area contributed by atoms with E-state index in [4.69, 9.17) is 0 Å². The second-order valence-corrected chi connectivity index (χ2v) is 5.85. The van der Waals surface area contributed by atoms with Gasteiger partial charge in [0.1, 0.15) is 0 Å². The summed E-state index contributed by atoms with van der Waals surface area (Å²) in [5.41, 5.74) is 1.27. The highest BCUT2D eigenvalue weighted by Crippen LogP contribution is 2.15. The molecular formula is C15H21N3O2S. The Hall–Kier alpha value is -1.53. The van der Waals surface area contributed by atoms with Gasteiger partial charge in [-0.25, -0.2) is 0 Å². The molecule has 6 heteroatoms. The fraction of sp³-hybridized carbons (Fsp3) is 0.467. The number of nitrogens with one attached hydrogen (secondary N) is 2. The molecule has 2 amide bonds. The smallest absolute Gasteiger partial charge is 0.253 e. The third kappa shape index (κ3) is 3.98. The lowest BCUT2D eigenvalue weighted by atomic mass is 10.1. The normalized spacial score (nSPS) is 17.5. The van der Waals surface area contributed by atoms with Crippen LogP contribution in [0, 0.1) is 0 Å². The van der Waals surface area contributed by atoms with Gasteiger partial charge in [0.15, 0.2) is 0 Å². The minimum absolute atomic E-state index is 0.00866. The number of thioether (sulfide) groups is 1. The molecule has 0 aromatic heterocycles. The molecule has 0 spiro atoms. The summed E-state index contributed by atoms with van der Waals surface area (Å²) < 4.78 is 0. The first-order chi connectivity index (χ1) is 10.2. The van der Waals surface area contributed by atoms with Gasteiger partial charge in [-0.05, 0) is 32.0 Å². The zero-order chi connectivity index (χ0) is 15.2. The van der Waals surface area contributed by atoms with E-state index in [0.717, 1.165) is 11.6 Å². The van der Waals surface area contributed by atoms with Crippen molar-refractivity contribution >= 4 is 29.3 Å². The molecule has 0 radical (unpaired) electrons. The number of hydrogen-bond acceptors (Lipinski definition) is 4. The van der Waals surface area contributed by atoms with Crippen molar-refractivity contribution in [3.05, 3.63) is 29.8 Å². The number of nitrogens with zero attached hydrogens (tertiary/aromatic N) is 1. The first-order valence-electron chi connectivity index (χ1n) is 7.17. The molecule has 2 N–H and O–H groups in total. The lowest BCUT2D eigenvalue weighted by Gasteiger charge is -2.19. The fourth-order valence-corrected chi connectivity index (χ4v) is 3.16. The van der Waals surface area contributed by atoms with Gasteiger partial charge in [0.05, 0.1) is 6.04 Å². The molecule has 0 saturated carbocycles. The maximum absolute atomic E-state index is 12.3. The van der Waals surface area contributed by atoms with E-state index in [1.54, 1.807) is 40.9 Å². The summed E-state index contributed by atoms with van der Waals surface area (Å²) in [6.45, 7) is 5.26. The highest BCUT2D eigenvalue weighted by Gasteiger charge is 2.22. The molecule has 1 atom stereocenters. The Morgan fingerprint density at radius 2 is 2.14 bits per heavy atom. The van der Waals surface area contributed by atoms with Crippen LogP contribution in [-0.4, -0.2) is 47.5 Å². The van der Waals surface area contributed by atoms with Crippen LogP contribution in [0.25, 0.3) is 0 Å². The van der Waals surface area contributed by atoms with Gasteiger partial charge in [0.2, 0.25) is 5.91 Å². The molecular weight excluding hydrogens is 286 g/mol. The number of anilines is 1. The van der Waals surface area contributed by atoms with Gasteiger partial charge in [-0.2, -0.15) is 0 Å². The van der Waals surface area contributed by atoms with E-state index < -0.39 is 0 Å². The summed E-state index contributed by atoms with van der Waals surface area (Å²) in [5.74, 6) is 1.53. The Morgan fingerprint density at radius 1 is 1.38 bits per heavy atom. The standard InChI is InChI=1S/C15H21N3O2S/c1-3-18(4-2)15(20)11-6-5-7-12(8-11)17-14(19)13-9-21-10-16-13/h5-8,13,16H,3-4,9-10H2,1-2H3,(H,17,19). The molecule has 1 unspecified atom stereocenters. The van der Waals surface area contributed by atoms with Crippen molar-refractivity contribution in [3.8, 4) is 0 Å². The zero-order valence-electron chi connectivity index (χ0n) is 12.4. The van der Waals surface area contributed by atoms with E-state index in [0.29, 0.717) is 24.3 Å². The number of amides is 2. The molecule has 1 aliphatic heterocycles. The molecule has 1 aromatic rings. The van der Waals surface area contributed by atoms with Gasteiger partial charge in [-0.1, -0.05) is 6.07 Å². The Bertz CT molecular complexity index is 511. The molecule has 0 bridgehead atoms. The Morgan fingerprint density at radius 3 is 2.76 bits per heavy atom. The average Bonchev–Trinajstić information content (AvgIpc) is 3.03. The first kappa shape index (κ1) is 15.9. The molecule has 21 heavy (non-hydrogen) atoms. The van der Waals surface area contributed by atoms with Crippen LogP contribution < -0.4 is 10.6 Å². The zero-order valence-corrected chi connectivity index (χ0v) is 13.2. The quantitative estimate of drug-likeness (QED) is 0.870. The second kappa shape index (κ2) is 7.47. The second-order valence-electron chi connectivity index (χ2n) is 4.82. The van der Waals surface area contributed by atoms with Gasteiger partial charge in [-0.15, -0.1) is 11.8 Å². The van der Waals surface area contributed by atoms with Crippen LogP contribution in [-0.2, 0) is 4.79 Å². The number of hydrogen-bond donors (Lipinski definition) is 2. The molecule has 0 aliphatic carbocycles. The predicted octanol–water partition coefficient (Wildman–Crippen LogP) is 1.77. The van der Waals surface area contributed by atoms with Crippen LogP contribution in [0.2, 0.25) is 0 Å². The number of rotatable bonds is 5. The lowest BCUT2D eigenvalue weighted by molar-refractivity contribution is -0.117. The summed E-state index contributed by atoms with van der Waals surface area (Å²) in [6.07, 6.45) is 0. The summed E-state index contributed by atoms with van der Waals surface area (Å²) in [7, 11) is 0. The van der Waals surface area contributed by atoms with Crippen LogP contribution in [0.1, 0.15) is 24.2 Å². The van der Waals surface area contributed by atoms with Crippen LogP contribution >= 0.6 is 11.8 Å². The maximum atomic E-state index is 12.3. The summed E-state index contributed by atoms with van der Waals surface area (Å²) >= 11 is 1.71. The van der Waals surface area contributed by atoms with E-state index in [-0.39, 0.29) is 17.9 Å². The van der Waals surface area contributed by atoms with Crippen LogP contribution in [0.3, 0.4) is 0 Å². The molecule has 1 fully saturated rings. The highest BCUT2D eigenvalue weighted by atomic mass is 32.2. The lowest BCUT2D eigenvalue weighted by Crippen LogP contribution is -2.37. The molecule has 1 saturated heterocycles. The van der Waals surface area contributed by atoms with E-state index in [1.165, 1.54) is 0 Å². The highest BCUT2D eigenvalue weighted by molar-refractivity contribution is 7.99. The predicted molar refractivity (Wildman–Crippen MR) is 86.6 cm³/mol.